The third kappa shape index (κ3) is 11.6. The number of methoxy groups -OCH3 is 1. The van der Waals surface area contributed by atoms with E-state index in [1.165, 1.54) is 25.0 Å². The van der Waals surface area contributed by atoms with Gasteiger partial charge >= 0.3 is 12.5 Å². The van der Waals surface area contributed by atoms with Crippen molar-refractivity contribution in [1.82, 2.24) is 35.1 Å². The van der Waals surface area contributed by atoms with Crippen molar-refractivity contribution in [2.24, 2.45) is 17.3 Å². The number of alkyl halides is 2. The lowest BCUT2D eigenvalue weighted by Gasteiger charge is -2.35. The Morgan fingerprint density at radius 2 is 1.78 bits per heavy atom. The largest absolute Gasteiger partial charge is 0.465 e. The number of likely N-dealkylation sites (N-methyl/N-ethyl adjacent to an activating group) is 1. The number of benzene rings is 2. The summed E-state index contributed by atoms with van der Waals surface area (Å²) < 4.78 is 43.1. The number of amides is 4. The fraction of sp³-hybridized carbons (Fsp3) is 0.490. The highest BCUT2D eigenvalue weighted by atomic mass is 19.3. The number of fused-ring (bicyclic) bond motifs is 1. The summed E-state index contributed by atoms with van der Waals surface area (Å²) in [4.78, 5) is 74.3. The molecule has 2 aliphatic heterocycles. The SMILES string of the molecule is C=CC(=O)N1CC[C@H](C(=O)N(C)[C@H](C(=O)N[C@@H](Cc2cccc(-c3ccc4c(c3)c(CC(C)(C)COC(C)=O)c(-c3cccnc3[C@H](C)OC)n4C(F)F)c2)C(=O)N2CCCCN2)C(C)C)C1. The quantitative estimate of drug-likeness (QED) is 0.0775. The van der Waals surface area contributed by atoms with Crippen molar-refractivity contribution in [1.29, 1.82) is 0 Å². The minimum Gasteiger partial charge on any atom is -0.465 e. The second-order valence-corrected chi connectivity index (χ2v) is 18.8. The molecule has 4 heterocycles. The first kappa shape index (κ1) is 50.4. The molecule has 0 spiro atoms. The predicted octanol–water partition coefficient (Wildman–Crippen LogP) is 7.28. The van der Waals surface area contributed by atoms with Crippen LogP contribution in [-0.2, 0) is 46.3 Å². The van der Waals surface area contributed by atoms with E-state index in [0.717, 1.165) is 34.1 Å². The zero-order valence-electron chi connectivity index (χ0n) is 39.9. The molecule has 0 aliphatic carbocycles. The van der Waals surface area contributed by atoms with Crippen molar-refractivity contribution in [2.75, 3.05) is 46.9 Å². The first-order valence-corrected chi connectivity index (χ1v) is 23.0. The van der Waals surface area contributed by atoms with E-state index in [9.17, 15) is 24.0 Å². The van der Waals surface area contributed by atoms with Crippen LogP contribution in [0.5, 0.6) is 0 Å². The Morgan fingerprint density at radius 1 is 1.03 bits per heavy atom. The molecule has 0 radical (unpaired) electrons. The first-order chi connectivity index (χ1) is 31.8. The molecule has 2 aromatic heterocycles. The third-order valence-electron chi connectivity index (χ3n) is 12.8. The van der Waals surface area contributed by atoms with Crippen LogP contribution in [0.25, 0.3) is 33.3 Å². The third-order valence-corrected chi connectivity index (χ3v) is 12.8. The molecule has 0 unspecified atom stereocenters. The lowest BCUT2D eigenvalue weighted by atomic mass is 9.84. The average molecular weight is 926 g/mol. The summed E-state index contributed by atoms with van der Waals surface area (Å²) >= 11 is 0. The topological polar surface area (TPSA) is 155 Å². The van der Waals surface area contributed by atoms with Gasteiger partial charge in [0.1, 0.15) is 12.1 Å². The smallest absolute Gasteiger partial charge is 0.319 e. The Labute approximate surface area is 392 Å². The summed E-state index contributed by atoms with van der Waals surface area (Å²) in [7, 11) is 3.13. The molecule has 0 saturated carbocycles. The van der Waals surface area contributed by atoms with Crippen LogP contribution in [0.4, 0.5) is 8.78 Å². The van der Waals surface area contributed by atoms with Crippen LogP contribution in [0.15, 0.2) is 73.4 Å². The van der Waals surface area contributed by atoms with E-state index in [2.05, 4.69) is 22.3 Å². The van der Waals surface area contributed by atoms with Crippen LogP contribution in [0.1, 0.15) is 90.3 Å². The fourth-order valence-electron chi connectivity index (χ4n) is 9.39. The van der Waals surface area contributed by atoms with Crippen molar-refractivity contribution in [3.63, 3.8) is 0 Å². The summed E-state index contributed by atoms with van der Waals surface area (Å²) in [6, 6.07) is 14.5. The van der Waals surface area contributed by atoms with E-state index in [0.29, 0.717) is 59.5 Å². The monoisotopic (exact) mass is 925 g/mol. The van der Waals surface area contributed by atoms with E-state index in [4.69, 9.17) is 9.47 Å². The maximum Gasteiger partial charge on any atom is 0.319 e. The van der Waals surface area contributed by atoms with Gasteiger partial charge in [-0.1, -0.05) is 64.6 Å². The molecule has 4 atom stereocenters. The number of hydrogen-bond donors (Lipinski definition) is 2. The number of halogens is 2. The number of carbonyl (C=O) groups excluding carboxylic acids is 5. The maximum absolute atomic E-state index is 15.5. The van der Waals surface area contributed by atoms with Crippen molar-refractivity contribution in [3.05, 3.63) is 90.3 Å². The molecule has 360 valence electrons. The molecule has 2 aromatic carbocycles. The Kier molecular flexibility index (Phi) is 16.4. The molecule has 0 bridgehead atoms. The second-order valence-electron chi connectivity index (χ2n) is 18.8. The molecule has 6 rings (SSSR count). The van der Waals surface area contributed by atoms with Crippen LogP contribution in [0.2, 0.25) is 0 Å². The number of likely N-dealkylation sites (tertiary alicyclic amines) is 1. The van der Waals surface area contributed by atoms with Gasteiger partial charge in [0, 0.05) is 76.2 Å². The normalized spacial score (nSPS) is 16.8. The molecular formula is C51H65F2N7O7. The number of carbonyl (C=O) groups is 5. The van der Waals surface area contributed by atoms with E-state index < -0.39 is 47.9 Å². The summed E-state index contributed by atoms with van der Waals surface area (Å²) in [6.45, 7) is 13.1. The summed E-state index contributed by atoms with van der Waals surface area (Å²) in [6.07, 6.45) is 4.87. The van der Waals surface area contributed by atoms with Crippen LogP contribution in [0.3, 0.4) is 0 Å². The van der Waals surface area contributed by atoms with Gasteiger partial charge in [-0.3, -0.25) is 38.5 Å². The minimum absolute atomic E-state index is 0.0602. The number of hydrogen-bond acceptors (Lipinski definition) is 9. The van der Waals surface area contributed by atoms with Gasteiger partial charge in [0.2, 0.25) is 17.7 Å². The minimum atomic E-state index is -2.92. The molecule has 4 aromatic rings. The number of hydrazine groups is 1. The van der Waals surface area contributed by atoms with Crippen LogP contribution in [-0.4, -0.2) is 113 Å². The number of ether oxygens (including phenoxy) is 2. The summed E-state index contributed by atoms with van der Waals surface area (Å²) in [5.74, 6) is -2.52. The Bertz CT molecular complexity index is 2460. The summed E-state index contributed by atoms with van der Waals surface area (Å²) in [5.41, 5.74) is 6.95. The zero-order chi connectivity index (χ0) is 48.7. The standard InChI is InChI=1S/C51H65F2N7O7/c1-10-43(62)58-24-20-37(29-58)48(64)57(8)45(31(2)3)47(63)56-41(49(65)59-23-12-11-22-55-59)26-34-15-13-16-35(25-34)36-18-19-42-39(27-36)40(28-51(6,7)30-67-33(5)61)46(60(42)50(52)53)38-17-14-21-54-44(38)32(4)66-9/h10,13-19,21,25,27,31-32,37,41,45,50,55H,1,11-12,20,22-24,26,28-30H2,2-9H3,(H,56,63)/t32-,37-,41-,45-/m0/s1. The van der Waals surface area contributed by atoms with Gasteiger partial charge in [-0.15, -0.1) is 0 Å². The van der Waals surface area contributed by atoms with Gasteiger partial charge in [-0.2, -0.15) is 8.78 Å². The molecule has 2 fully saturated rings. The lowest BCUT2D eigenvalue weighted by molar-refractivity contribution is -0.146. The summed E-state index contributed by atoms with van der Waals surface area (Å²) in [5, 5.41) is 5.16. The van der Waals surface area contributed by atoms with E-state index in [1.807, 2.05) is 65.0 Å². The zero-order valence-corrected chi connectivity index (χ0v) is 39.9. The van der Waals surface area contributed by atoms with E-state index in [-0.39, 0.29) is 49.6 Å². The molecule has 67 heavy (non-hydrogen) atoms. The second kappa shape index (κ2) is 21.7. The highest BCUT2D eigenvalue weighted by Crippen LogP contribution is 2.44. The lowest BCUT2D eigenvalue weighted by Crippen LogP contribution is -2.59. The number of nitrogens with zero attached hydrogens (tertiary/aromatic N) is 5. The fourth-order valence-corrected chi connectivity index (χ4v) is 9.39. The van der Waals surface area contributed by atoms with Gasteiger partial charge in [0.25, 0.3) is 5.91 Å². The van der Waals surface area contributed by atoms with Gasteiger partial charge in [-0.25, -0.2) is 5.43 Å². The average Bonchev–Trinajstić information content (AvgIpc) is 3.93. The Balaban J connectivity index is 1.37. The van der Waals surface area contributed by atoms with Crippen molar-refractivity contribution in [2.45, 2.75) is 98.4 Å². The van der Waals surface area contributed by atoms with Gasteiger partial charge in [-0.05, 0) is 91.1 Å². The number of esters is 1. The van der Waals surface area contributed by atoms with Gasteiger partial charge in [0.15, 0.2) is 0 Å². The molecule has 14 nitrogen and oxygen atoms in total. The van der Waals surface area contributed by atoms with E-state index in [1.54, 1.807) is 47.4 Å². The van der Waals surface area contributed by atoms with Crippen molar-refractivity contribution >= 4 is 40.5 Å². The molecular weight excluding hydrogens is 861 g/mol. The predicted molar refractivity (Wildman–Crippen MR) is 252 cm³/mol. The Hall–Kier alpha value is -6.00. The number of nitrogens with one attached hydrogen (secondary N) is 2. The van der Waals surface area contributed by atoms with Gasteiger partial charge in [0.05, 0.1) is 35.5 Å². The Morgan fingerprint density at radius 3 is 2.43 bits per heavy atom. The van der Waals surface area contributed by atoms with Crippen molar-refractivity contribution in [3.8, 4) is 22.4 Å². The van der Waals surface area contributed by atoms with E-state index >= 15 is 8.78 Å². The molecule has 2 N–H and O–H groups in total. The first-order valence-electron chi connectivity index (χ1n) is 23.0. The van der Waals surface area contributed by atoms with Crippen LogP contribution in [0, 0.1) is 17.3 Å². The highest BCUT2D eigenvalue weighted by Gasteiger charge is 2.39. The van der Waals surface area contributed by atoms with Crippen molar-refractivity contribution < 1.29 is 42.2 Å². The van der Waals surface area contributed by atoms with Crippen LogP contribution < -0.4 is 10.7 Å². The number of aromatic nitrogens is 2. The maximum atomic E-state index is 15.5. The van der Waals surface area contributed by atoms with Gasteiger partial charge < -0.3 is 24.6 Å². The van der Waals surface area contributed by atoms with Crippen LogP contribution >= 0.6 is 0 Å². The molecule has 16 heteroatoms. The molecule has 4 amide bonds. The molecule has 2 aliphatic rings. The number of pyridine rings is 1. The number of rotatable bonds is 18. The molecule has 2 saturated heterocycles. The highest BCUT2D eigenvalue weighted by molar-refractivity contribution is 5.96.